The minimum Gasteiger partial charge on any atom is -0.371 e. The van der Waals surface area contributed by atoms with Gasteiger partial charge in [-0.1, -0.05) is 29.8 Å². The van der Waals surface area contributed by atoms with Crippen molar-refractivity contribution >= 4 is 0 Å². The first-order valence-electron chi connectivity index (χ1n) is 9.13. The largest absolute Gasteiger partial charge is 0.371 e. The van der Waals surface area contributed by atoms with Crippen molar-refractivity contribution in [2.75, 3.05) is 19.7 Å². The summed E-state index contributed by atoms with van der Waals surface area (Å²) in [5.41, 5.74) is 3.88. The maximum atomic E-state index is 6.22. The molecule has 3 heterocycles. The molecule has 0 radical (unpaired) electrons. The van der Waals surface area contributed by atoms with Gasteiger partial charge in [-0.3, -0.25) is 9.88 Å². The average molecular weight is 338 g/mol. The van der Waals surface area contributed by atoms with Crippen LogP contribution in [-0.4, -0.2) is 41.3 Å². The van der Waals surface area contributed by atoms with Gasteiger partial charge in [-0.25, -0.2) is 0 Å². The van der Waals surface area contributed by atoms with Gasteiger partial charge in [-0.2, -0.15) is 0 Å². The van der Waals surface area contributed by atoms with Gasteiger partial charge >= 0.3 is 0 Å². The zero-order valence-corrected chi connectivity index (χ0v) is 14.9. The SMILES string of the molecule is Cc1cccc(CN2CC[C@]3(C[C@@H](OCc4ccncc4)CO3)C2)c1. The van der Waals surface area contributed by atoms with E-state index in [1.165, 1.54) is 16.7 Å². The number of aryl methyl sites for hydroxylation is 1. The van der Waals surface area contributed by atoms with Crippen LogP contribution >= 0.6 is 0 Å². The van der Waals surface area contributed by atoms with E-state index < -0.39 is 0 Å². The van der Waals surface area contributed by atoms with Gasteiger partial charge in [-0.05, 0) is 36.6 Å². The summed E-state index contributed by atoms with van der Waals surface area (Å²) in [6.07, 6.45) is 5.93. The molecule has 0 saturated carbocycles. The van der Waals surface area contributed by atoms with E-state index in [4.69, 9.17) is 9.47 Å². The zero-order chi connectivity index (χ0) is 17.1. The van der Waals surface area contributed by atoms with Crippen LogP contribution < -0.4 is 0 Å². The molecular formula is C21H26N2O2. The van der Waals surface area contributed by atoms with Crippen molar-refractivity contribution in [1.82, 2.24) is 9.88 Å². The summed E-state index contributed by atoms with van der Waals surface area (Å²) in [5.74, 6) is 0. The van der Waals surface area contributed by atoms with Crippen molar-refractivity contribution in [2.24, 2.45) is 0 Å². The summed E-state index contributed by atoms with van der Waals surface area (Å²) in [6.45, 7) is 6.62. The highest BCUT2D eigenvalue weighted by atomic mass is 16.6. The summed E-state index contributed by atoms with van der Waals surface area (Å²) in [4.78, 5) is 6.56. The Morgan fingerprint density at radius 2 is 2.12 bits per heavy atom. The minimum absolute atomic E-state index is 0.00721. The lowest BCUT2D eigenvalue weighted by atomic mass is 9.98. The molecule has 4 heteroatoms. The first-order chi connectivity index (χ1) is 12.2. The van der Waals surface area contributed by atoms with Crippen LogP contribution in [0, 0.1) is 6.92 Å². The van der Waals surface area contributed by atoms with E-state index in [1.807, 2.05) is 24.5 Å². The van der Waals surface area contributed by atoms with E-state index in [9.17, 15) is 0 Å². The highest BCUT2D eigenvalue weighted by Gasteiger charge is 2.45. The molecule has 2 aliphatic heterocycles. The standard InChI is InChI=1S/C21H26N2O2/c1-17-3-2-4-19(11-17)13-23-10-7-21(16-23)12-20(15-25-21)24-14-18-5-8-22-9-6-18/h2-6,8-9,11,20H,7,10,12-16H2,1H3/t20-,21+/m1/s1. The summed E-state index contributed by atoms with van der Waals surface area (Å²) >= 11 is 0. The Kier molecular flexibility index (Phi) is 4.84. The van der Waals surface area contributed by atoms with Gasteiger partial charge < -0.3 is 9.47 Å². The van der Waals surface area contributed by atoms with Crippen LogP contribution in [0.3, 0.4) is 0 Å². The lowest BCUT2D eigenvalue weighted by Crippen LogP contribution is -2.33. The van der Waals surface area contributed by atoms with Gasteiger partial charge in [0, 0.05) is 38.4 Å². The van der Waals surface area contributed by atoms with Crippen LogP contribution in [0.15, 0.2) is 48.8 Å². The average Bonchev–Trinajstić information content (AvgIpc) is 3.21. The number of benzene rings is 1. The summed E-state index contributed by atoms with van der Waals surface area (Å²) in [5, 5.41) is 0. The van der Waals surface area contributed by atoms with Gasteiger partial charge in [0.05, 0.1) is 24.9 Å². The van der Waals surface area contributed by atoms with Crippen LogP contribution in [0.25, 0.3) is 0 Å². The Morgan fingerprint density at radius 1 is 1.24 bits per heavy atom. The van der Waals surface area contributed by atoms with Crippen LogP contribution in [0.1, 0.15) is 29.5 Å². The van der Waals surface area contributed by atoms with Crippen LogP contribution in [0.4, 0.5) is 0 Å². The zero-order valence-electron chi connectivity index (χ0n) is 14.9. The third-order valence-electron chi connectivity index (χ3n) is 5.29. The molecule has 0 aliphatic carbocycles. The number of rotatable bonds is 5. The summed E-state index contributed by atoms with van der Waals surface area (Å²) in [7, 11) is 0. The summed E-state index contributed by atoms with van der Waals surface area (Å²) < 4.78 is 12.3. The summed E-state index contributed by atoms with van der Waals surface area (Å²) in [6, 6.07) is 12.8. The number of ether oxygens (including phenoxy) is 2. The van der Waals surface area contributed by atoms with Crippen molar-refractivity contribution in [3.63, 3.8) is 0 Å². The van der Waals surface area contributed by atoms with Gasteiger partial charge in [0.2, 0.25) is 0 Å². The van der Waals surface area contributed by atoms with Crippen molar-refractivity contribution in [2.45, 2.75) is 44.6 Å². The fourth-order valence-corrected chi connectivity index (χ4v) is 4.02. The maximum absolute atomic E-state index is 6.22. The first kappa shape index (κ1) is 16.7. The molecular weight excluding hydrogens is 312 g/mol. The molecule has 2 aliphatic rings. The molecule has 1 spiro atoms. The lowest BCUT2D eigenvalue weighted by Gasteiger charge is -2.23. The maximum Gasteiger partial charge on any atom is 0.0847 e. The second kappa shape index (κ2) is 7.24. The molecule has 2 aromatic rings. The quantitative estimate of drug-likeness (QED) is 0.837. The fourth-order valence-electron chi connectivity index (χ4n) is 4.02. The van der Waals surface area contributed by atoms with E-state index in [-0.39, 0.29) is 11.7 Å². The minimum atomic E-state index is -0.00721. The van der Waals surface area contributed by atoms with Crippen LogP contribution in [0.5, 0.6) is 0 Å². The lowest BCUT2D eigenvalue weighted by molar-refractivity contribution is -0.000429. The molecule has 4 nitrogen and oxygen atoms in total. The molecule has 2 saturated heterocycles. The predicted molar refractivity (Wildman–Crippen MR) is 97.2 cm³/mol. The number of nitrogens with zero attached hydrogens (tertiary/aromatic N) is 2. The molecule has 25 heavy (non-hydrogen) atoms. The Morgan fingerprint density at radius 3 is 2.96 bits per heavy atom. The van der Waals surface area contributed by atoms with Gasteiger partial charge in [0.25, 0.3) is 0 Å². The Hall–Kier alpha value is -1.75. The number of hydrogen-bond acceptors (Lipinski definition) is 4. The van der Waals surface area contributed by atoms with E-state index in [0.717, 1.165) is 32.5 Å². The third kappa shape index (κ3) is 4.09. The molecule has 2 fully saturated rings. The number of hydrogen-bond donors (Lipinski definition) is 0. The molecule has 4 rings (SSSR count). The first-order valence-corrected chi connectivity index (χ1v) is 9.13. The highest BCUT2D eigenvalue weighted by Crippen LogP contribution is 2.37. The smallest absolute Gasteiger partial charge is 0.0847 e. The predicted octanol–water partition coefficient (Wildman–Crippen LogP) is 3.34. The van der Waals surface area contributed by atoms with E-state index in [2.05, 4.69) is 41.1 Å². The van der Waals surface area contributed by atoms with Gasteiger partial charge in [0.1, 0.15) is 0 Å². The molecule has 0 bridgehead atoms. The van der Waals surface area contributed by atoms with Crippen LogP contribution in [0.2, 0.25) is 0 Å². The Labute approximate surface area is 149 Å². The molecule has 132 valence electrons. The third-order valence-corrected chi connectivity index (χ3v) is 5.29. The molecule has 1 aromatic carbocycles. The fraction of sp³-hybridized carbons (Fsp3) is 0.476. The number of likely N-dealkylation sites (tertiary alicyclic amines) is 1. The second-order valence-electron chi connectivity index (χ2n) is 7.44. The van der Waals surface area contributed by atoms with Gasteiger partial charge in [-0.15, -0.1) is 0 Å². The number of aromatic nitrogens is 1. The van der Waals surface area contributed by atoms with Crippen molar-refractivity contribution in [1.29, 1.82) is 0 Å². The monoisotopic (exact) mass is 338 g/mol. The van der Waals surface area contributed by atoms with Gasteiger partial charge in [0.15, 0.2) is 0 Å². The topological polar surface area (TPSA) is 34.6 Å². The van der Waals surface area contributed by atoms with Crippen molar-refractivity contribution < 1.29 is 9.47 Å². The van der Waals surface area contributed by atoms with Crippen molar-refractivity contribution in [3.05, 3.63) is 65.5 Å². The van der Waals surface area contributed by atoms with Crippen molar-refractivity contribution in [3.8, 4) is 0 Å². The molecule has 0 amide bonds. The van der Waals surface area contributed by atoms with E-state index in [1.54, 1.807) is 0 Å². The normalized spacial score (nSPS) is 26.5. The molecule has 2 atom stereocenters. The Balaban J connectivity index is 1.29. The number of pyridine rings is 1. The Bertz CT molecular complexity index is 706. The second-order valence-corrected chi connectivity index (χ2v) is 7.44. The molecule has 0 N–H and O–H groups in total. The molecule has 1 aromatic heterocycles. The van der Waals surface area contributed by atoms with E-state index in [0.29, 0.717) is 13.2 Å². The van der Waals surface area contributed by atoms with E-state index >= 15 is 0 Å². The highest BCUT2D eigenvalue weighted by molar-refractivity contribution is 5.22. The molecule has 0 unspecified atom stereocenters. The van der Waals surface area contributed by atoms with Crippen LogP contribution in [-0.2, 0) is 22.6 Å².